The molecule has 3 rings (SSSR count). The number of hydrogen-bond donors (Lipinski definition) is 0. The van der Waals surface area contributed by atoms with Gasteiger partial charge in [0.1, 0.15) is 5.56 Å². The van der Waals surface area contributed by atoms with E-state index in [1.54, 1.807) is 11.3 Å². The highest BCUT2D eigenvalue weighted by Crippen LogP contribution is 2.31. The Morgan fingerprint density at radius 3 is 2.73 bits per heavy atom. The van der Waals surface area contributed by atoms with Gasteiger partial charge < -0.3 is 9.42 Å². The lowest BCUT2D eigenvalue weighted by Gasteiger charge is -2.31. The highest BCUT2D eigenvalue weighted by molar-refractivity contribution is 7.09. The van der Waals surface area contributed by atoms with Crippen molar-refractivity contribution < 1.29 is 9.32 Å². The van der Waals surface area contributed by atoms with E-state index in [1.807, 2.05) is 37.2 Å². The summed E-state index contributed by atoms with van der Waals surface area (Å²) in [4.78, 5) is 19.1. The smallest absolute Gasteiger partial charge is 0.259 e. The first-order chi connectivity index (χ1) is 10.6. The molecule has 1 aliphatic heterocycles. The minimum Gasteiger partial charge on any atom is -0.360 e. The number of aryl methyl sites for hydroxylation is 1. The third kappa shape index (κ3) is 2.79. The quantitative estimate of drug-likeness (QED) is 0.867. The van der Waals surface area contributed by atoms with Gasteiger partial charge in [0.05, 0.1) is 10.7 Å². The summed E-state index contributed by atoms with van der Waals surface area (Å²) in [6.45, 7) is 7.41. The van der Waals surface area contributed by atoms with Gasteiger partial charge in [-0.15, -0.1) is 11.3 Å². The third-order valence-corrected chi connectivity index (χ3v) is 5.15. The Balaban J connectivity index is 1.71. The molecule has 2 aromatic rings. The number of nitrogens with zero attached hydrogens (tertiary/aromatic N) is 3. The third-order valence-electron chi connectivity index (χ3n) is 4.21. The van der Waals surface area contributed by atoms with Crippen molar-refractivity contribution in [1.82, 2.24) is 15.0 Å². The molecule has 0 bridgehead atoms. The minimum atomic E-state index is 0.0556. The number of likely N-dealkylation sites (tertiary alicyclic amines) is 1. The van der Waals surface area contributed by atoms with E-state index in [0.717, 1.165) is 25.9 Å². The fourth-order valence-electron chi connectivity index (χ4n) is 2.97. The summed E-state index contributed by atoms with van der Waals surface area (Å²) < 4.78 is 5.34. The molecule has 5 nitrogen and oxygen atoms in total. The number of carbonyl (C=O) groups is 1. The van der Waals surface area contributed by atoms with Crippen molar-refractivity contribution in [2.45, 2.75) is 45.4 Å². The van der Waals surface area contributed by atoms with Crippen LogP contribution in [0.2, 0.25) is 0 Å². The van der Waals surface area contributed by atoms with Crippen molar-refractivity contribution in [3.63, 3.8) is 0 Å². The van der Waals surface area contributed by atoms with Gasteiger partial charge in [-0.25, -0.2) is 4.98 Å². The van der Waals surface area contributed by atoms with E-state index in [2.05, 4.69) is 10.1 Å². The predicted molar refractivity (Wildman–Crippen MR) is 85.3 cm³/mol. The van der Waals surface area contributed by atoms with E-state index in [4.69, 9.17) is 4.52 Å². The van der Waals surface area contributed by atoms with Crippen LogP contribution in [-0.2, 0) is 0 Å². The Morgan fingerprint density at radius 2 is 2.14 bits per heavy atom. The highest BCUT2D eigenvalue weighted by Gasteiger charge is 2.30. The summed E-state index contributed by atoms with van der Waals surface area (Å²) in [6.07, 6.45) is 3.80. The van der Waals surface area contributed by atoms with E-state index in [-0.39, 0.29) is 11.8 Å². The zero-order valence-electron chi connectivity index (χ0n) is 13.2. The summed E-state index contributed by atoms with van der Waals surface area (Å²) in [5.74, 6) is 1.40. The summed E-state index contributed by atoms with van der Waals surface area (Å²) in [5.41, 5.74) is 1.35. The van der Waals surface area contributed by atoms with E-state index >= 15 is 0 Å². The fraction of sp³-hybridized carbons (Fsp3) is 0.562. The van der Waals surface area contributed by atoms with Gasteiger partial charge in [-0.1, -0.05) is 19.0 Å². The molecule has 0 spiro atoms. The minimum absolute atomic E-state index is 0.0556. The van der Waals surface area contributed by atoms with Crippen molar-refractivity contribution >= 4 is 17.2 Å². The van der Waals surface area contributed by atoms with Crippen LogP contribution in [0.25, 0.3) is 0 Å². The van der Waals surface area contributed by atoms with Crippen molar-refractivity contribution in [3.8, 4) is 0 Å². The van der Waals surface area contributed by atoms with Crippen LogP contribution in [0, 0.1) is 6.92 Å². The average Bonchev–Trinajstić information content (AvgIpc) is 3.16. The predicted octanol–water partition coefficient (Wildman–Crippen LogP) is 3.58. The number of piperidine rings is 1. The largest absolute Gasteiger partial charge is 0.360 e. The second kappa shape index (κ2) is 6.20. The lowest BCUT2D eigenvalue weighted by Crippen LogP contribution is -2.38. The van der Waals surface area contributed by atoms with Crippen molar-refractivity contribution in [2.24, 2.45) is 0 Å². The lowest BCUT2D eigenvalue weighted by atomic mass is 9.96. The van der Waals surface area contributed by atoms with E-state index < -0.39 is 0 Å². The highest BCUT2D eigenvalue weighted by atomic mass is 32.1. The summed E-state index contributed by atoms with van der Waals surface area (Å²) in [5, 5.41) is 7.19. The molecule has 1 fully saturated rings. The maximum absolute atomic E-state index is 12.8. The molecule has 0 atom stereocenters. The van der Waals surface area contributed by atoms with Gasteiger partial charge >= 0.3 is 0 Å². The monoisotopic (exact) mass is 319 g/mol. The molecule has 0 N–H and O–H groups in total. The maximum Gasteiger partial charge on any atom is 0.259 e. The van der Waals surface area contributed by atoms with Crippen LogP contribution in [0.15, 0.2) is 16.1 Å². The van der Waals surface area contributed by atoms with Gasteiger partial charge in [0.2, 0.25) is 0 Å². The number of thiazole rings is 1. The molecule has 2 aromatic heterocycles. The topological polar surface area (TPSA) is 59.2 Å². The molecular formula is C16H21N3O2S. The standard InChI is InChI=1S/C16H21N3O2S/c1-10(2)14-13(11(3)18-21-14)16(20)19-7-4-12(5-8-19)15-17-6-9-22-15/h6,9-10,12H,4-5,7-8H2,1-3H3. The number of rotatable bonds is 3. The molecule has 0 aromatic carbocycles. The van der Waals surface area contributed by atoms with Gasteiger partial charge in [-0.05, 0) is 19.8 Å². The molecular weight excluding hydrogens is 298 g/mol. The molecule has 3 heterocycles. The molecule has 0 unspecified atom stereocenters. The second-order valence-corrected chi connectivity index (χ2v) is 7.02. The normalized spacial score (nSPS) is 16.5. The van der Waals surface area contributed by atoms with Crippen LogP contribution in [0.5, 0.6) is 0 Å². The Morgan fingerprint density at radius 1 is 1.41 bits per heavy atom. The molecule has 6 heteroatoms. The van der Waals surface area contributed by atoms with Gasteiger partial charge in [0.25, 0.3) is 5.91 Å². The Kier molecular flexibility index (Phi) is 4.29. The molecule has 118 valence electrons. The van der Waals surface area contributed by atoms with Crippen molar-refractivity contribution in [3.05, 3.63) is 33.6 Å². The average molecular weight is 319 g/mol. The van der Waals surface area contributed by atoms with Gasteiger partial charge in [0.15, 0.2) is 5.76 Å². The number of aromatic nitrogens is 2. The molecule has 1 amide bonds. The molecule has 0 aliphatic carbocycles. The fourth-order valence-corrected chi connectivity index (χ4v) is 3.78. The zero-order chi connectivity index (χ0) is 15.7. The molecule has 0 radical (unpaired) electrons. The number of hydrogen-bond acceptors (Lipinski definition) is 5. The Labute approximate surface area is 134 Å². The summed E-state index contributed by atoms with van der Waals surface area (Å²) in [7, 11) is 0. The van der Waals surface area contributed by atoms with Gasteiger partial charge in [-0.3, -0.25) is 4.79 Å². The maximum atomic E-state index is 12.8. The van der Waals surface area contributed by atoms with Crippen LogP contribution in [-0.4, -0.2) is 34.0 Å². The molecule has 1 saturated heterocycles. The van der Waals surface area contributed by atoms with Gasteiger partial charge in [-0.2, -0.15) is 0 Å². The van der Waals surface area contributed by atoms with Crippen molar-refractivity contribution in [2.75, 3.05) is 13.1 Å². The first-order valence-electron chi connectivity index (χ1n) is 7.72. The molecule has 1 aliphatic rings. The number of amides is 1. The Hall–Kier alpha value is -1.69. The summed E-state index contributed by atoms with van der Waals surface area (Å²) in [6, 6.07) is 0. The zero-order valence-corrected chi connectivity index (χ0v) is 14.0. The Bertz CT molecular complexity index is 640. The first kappa shape index (κ1) is 15.2. The van der Waals surface area contributed by atoms with Crippen molar-refractivity contribution in [1.29, 1.82) is 0 Å². The van der Waals surface area contributed by atoms with E-state index in [9.17, 15) is 4.79 Å². The van der Waals surface area contributed by atoms with Crippen LogP contribution in [0.3, 0.4) is 0 Å². The van der Waals surface area contributed by atoms with E-state index in [1.165, 1.54) is 5.01 Å². The SMILES string of the molecule is Cc1noc(C(C)C)c1C(=O)N1CCC(c2nccs2)CC1. The van der Waals surface area contributed by atoms with E-state index in [0.29, 0.717) is 22.9 Å². The summed E-state index contributed by atoms with van der Waals surface area (Å²) >= 11 is 1.71. The molecule has 22 heavy (non-hydrogen) atoms. The van der Waals surface area contributed by atoms with Gasteiger partial charge in [0, 0.05) is 36.5 Å². The van der Waals surface area contributed by atoms with Crippen LogP contribution < -0.4 is 0 Å². The lowest BCUT2D eigenvalue weighted by molar-refractivity contribution is 0.0709. The molecule has 0 saturated carbocycles. The number of carbonyl (C=O) groups excluding carboxylic acids is 1. The van der Waals surface area contributed by atoms with Crippen LogP contribution in [0.1, 0.15) is 65.3 Å². The van der Waals surface area contributed by atoms with Crippen LogP contribution in [0.4, 0.5) is 0 Å². The van der Waals surface area contributed by atoms with Crippen LogP contribution >= 0.6 is 11.3 Å². The second-order valence-electron chi connectivity index (χ2n) is 6.10. The first-order valence-corrected chi connectivity index (χ1v) is 8.60.